The third-order valence-electron chi connectivity index (χ3n) is 1.25. The number of rotatable bonds is 2. The molecule has 0 fully saturated rings. The quantitative estimate of drug-likeness (QED) is 0.381. The van der Waals surface area contributed by atoms with E-state index in [4.69, 9.17) is 5.73 Å². The minimum Gasteiger partial charge on any atom is -0.593 e. The summed E-state index contributed by atoms with van der Waals surface area (Å²) < 4.78 is 0. The van der Waals surface area contributed by atoms with Gasteiger partial charge in [0.25, 0.3) is 0 Å². The number of nitrogen functional groups attached to an aromatic ring is 1. The van der Waals surface area contributed by atoms with Gasteiger partial charge in [-0.1, -0.05) is 0 Å². The van der Waals surface area contributed by atoms with Crippen LogP contribution in [-0.4, -0.2) is 0 Å². The fourth-order valence-electron chi connectivity index (χ4n) is 0.687. The maximum Gasteiger partial charge on any atom is 0.165 e. The molecule has 5 nitrogen and oxygen atoms in total. The van der Waals surface area contributed by atoms with E-state index in [2.05, 4.69) is 10.8 Å². The van der Waals surface area contributed by atoms with Gasteiger partial charge in [0.05, 0.1) is 0 Å². The fourth-order valence-corrected chi connectivity index (χ4v) is 0.687. The molecule has 1 unspecified atom stereocenters. The Morgan fingerprint density at radius 2 is 1.82 bits per heavy atom. The molecule has 1 aromatic carbocycles. The molecule has 5 N–H and O–H groups in total. The highest BCUT2D eigenvalue weighted by atomic mass is 16.9. The van der Waals surface area contributed by atoms with Crippen molar-refractivity contribution in [2.24, 2.45) is 5.90 Å². The topological polar surface area (TPSA) is 88.8 Å². The molecule has 1 aromatic rings. The van der Waals surface area contributed by atoms with Crippen molar-refractivity contribution in [3.63, 3.8) is 0 Å². The molecule has 11 heavy (non-hydrogen) atoms. The van der Waals surface area contributed by atoms with Gasteiger partial charge in [0.15, 0.2) is 5.69 Å². The monoisotopic (exact) mass is 155 g/mol. The summed E-state index contributed by atoms with van der Waals surface area (Å²) in [5.41, 5.74) is 6.37. The van der Waals surface area contributed by atoms with Crippen molar-refractivity contribution in [1.82, 2.24) is 0 Å². The lowest BCUT2D eigenvalue weighted by atomic mass is 10.3. The minimum absolute atomic E-state index is 0.390. The molecule has 0 amide bonds. The molecule has 5 heteroatoms. The van der Waals surface area contributed by atoms with Gasteiger partial charge in [0, 0.05) is 17.8 Å². The Kier molecular flexibility index (Phi) is 2.40. The fraction of sp³-hybridized carbons (Fsp3) is 0. The second-order valence-corrected chi connectivity index (χ2v) is 2.03. The van der Waals surface area contributed by atoms with Gasteiger partial charge in [-0.2, -0.15) is 11.1 Å². The first-order valence-electron chi connectivity index (χ1n) is 3.00. The number of hydrogen-bond acceptors (Lipinski definition) is 4. The third-order valence-corrected chi connectivity index (χ3v) is 1.25. The predicted molar refractivity (Wildman–Crippen MR) is 40.1 cm³/mol. The lowest BCUT2D eigenvalue weighted by Crippen LogP contribution is -3.02. The van der Waals surface area contributed by atoms with Crippen LogP contribution >= 0.6 is 0 Å². The van der Waals surface area contributed by atoms with Crippen LogP contribution < -0.4 is 16.9 Å². The number of quaternary nitrogens is 1. The van der Waals surface area contributed by atoms with Crippen molar-refractivity contribution in [2.75, 3.05) is 5.73 Å². The van der Waals surface area contributed by atoms with Crippen LogP contribution in [0.4, 0.5) is 11.4 Å². The summed E-state index contributed by atoms with van der Waals surface area (Å²) in [6, 6.07) is 6.30. The Hall–Kier alpha value is -1.14. The molecular weight excluding hydrogens is 146 g/mol. The molecule has 0 heterocycles. The van der Waals surface area contributed by atoms with E-state index >= 15 is 0 Å². The van der Waals surface area contributed by atoms with E-state index in [-0.39, 0.29) is 0 Å². The summed E-state index contributed by atoms with van der Waals surface area (Å²) in [5, 5.41) is 10.2. The van der Waals surface area contributed by atoms with Crippen molar-refractivity contribution in [2.45, 2.75) is 0 Å². The second-order valence-electron chi connectivity index (χ2n) is 2.03. The van der Waals surface area contributed by atoms with Crippen molar-refractivity contribution >= 4 is 11.4 Å². The van der Waals surface area contributed by atoms with Crippen LogP contribution in [0.2, 0.25) is 0 Å². The van der Waals surface area contributed by atoms with Gasteiger partial charge in [-0.15, -0.1) is 4.94 Å². The normalized spacial score (nSPS) is 12.9. The first-order valence-corrected chi connectivity index (χ1v) is 3.00. The van der Waals surface area contributed by atoms with Gasteiger partial charge in [0.1, 0.15) is 0 Å². The first-order chi connectivity index (χ1) is 5.24. The SMILES string of the molecule is NO[NH+]([O-])c1ccc(N)cc1. The van der Waals surface area contributed by atoms with Crippen molar-refractivity contribution in [3.05, 3.63) is 29.5 Å². The van der Waals surface area contributed by atoms with E-state index in [0.717, 1.165) is 0 Å². The zero-order valence-electron chi connectivity index (χ0n) is 5.78. The maximum atomic E-state index is 10.7. The summed E-state index contributed by atoms with van der Waals surface area (Å²) in [6.45, 7) is 0. The van der Waals surface area contributed by atoms with Crippen LogP contribution in [0.5, 0.6) is 0 Å². The summed E-state index contributed by atoms with van der Waals surface area (Å²) in [6.07, 6.45) is 0. The van der Waals surface area contributed by atoms with Crippen molar-refractivity contribution in [3.8, 4) is 0 Å². The summed E-state index contributed by atoms with van der Waals surface area (Å²) in [7, 11) is 0. The van der Waals surface area contributed by atoms with Gasteiger partial charge in [-0.05, 0) is 12.1 Å². The molecule has 0 aliphatic heterocycles. The van der Waals surface area contributed by atoms with Gasteiger partial charge < -0.3 is 10.9 Å². The van der Waals surface area contributed by atoms with E-state index < -0.39 is 5.23 Å². The molecule has 0 aliphatic rings. The van der Waals surface area contributed by atoms with E-state index in [1.54, 1.807) is 24.3 Å². The lowest BCUT2D eigenvalue weighted by molar-refractivity contribution is -1.00. The van der Waals surface area contributed by atoms with E-state index in [1.165, 1.54) is 0 Å². The Balaban J connectivity index is 2.81. The van der Waals surface area contributed by atoms with Crippen LogP contribution in [0, 0.1) is 5.21 Å². The molecule has 0 saturated heterocycles. The number of hydrogen-bond donors (Lipinski definition) is 3. The summed E-state index contributed by atoms with van der Waals surface area (Å²) >= 11 is 0. The molecule has 0 saturated carbocycles. The molecule has 0 radical (unpaired) electrons. The van der Waals surface area contributed by atoms with Crippen molar-refractivity contribution in [1.29, 1.82) is 0 Å². The van der Waals surface area contributed by atoms with Gasteiger partial charge in [-0.3, -0.25) is 0 Å². The molecule has 0 bridgehead atoms. The van der Waals surface area contributed by atoms with Gasteiger partial charge >= 0.3 is 0 Å². The molecule has 0 aromatic heterocycles. The number of nitrogens with one attached hydrogen (secondary N) is 1. The standard InChI is InChI=1S/C6H9N3O2/c7-5-1-3-6(4-2-5)9(10)11-8/h1-4,9H,7-8H2. The summed E-state index contributed by atoms with van der Waals surface area (Å²) in [4.78, 5) is 4.00. The predicted octanol–water partition coefficient (Wildman–Crippen LogP) is -0.912. The van der Waals surface area contributed by atoms with Crippen LogP contribution in [0.15, 0.2) is 24.3 Å². The largest absolute Gasteiger partial charge is 0.593 e. The average molecular weight is 155 g/mol. The van der Waals surface area contributed by atoms with E-state index in [9.17, 15) is 5.21 Å². The van der Waals surface area contributed by atoms with Crippen LogP contribution in [0.25, 0.3) is 0 Å². The molecular formula is C6H9N3O2. The number of benzene rings is 1. The second kappa shape index (κ2) is 3.31. The summed E-state index contributed by atoms with van der Waals surface area (Å²) in [5.74, 6) is 4.66. The van der Waals surface area contributed by atoms with E-state index in [0.29, 0.717) is 11.4 Å². The molecule has 0 aliphatic carbocycles. The molecule has 0 spiro atoms. The van der Waals surface area contributed by atoms with Crippen LogP contribution in [0.3, 0.4) is 0 Å². The first kappa shape index (κ1) is 7.96. The zero-order valence-corrected chi connectivity index (χ0v) is 5.78. The Bertz CT molecular complexity index is 224. The van der Waals surface area contributed by atoms with E-state index in [1.807, 2.05) is 0 Å². The lowest BCUT2D eigenvalue weighted by Gasteiger charge is -2.14. The van der Waals surface area contributed by atoms with Crippen LogP contribution in [-0.2, 0) is 4.94 Å². The Morgan fingerprint density at radius 1 is 1.27 bits per heavy atom. The smallest absolute Gasteiger partial charge is 0.165 e. The zero-order chi connectivity index (χ0) is 8.27. The van der Waals surface area contributed by atoms with Gasteiger partial charge in [0.2, 0.25) is 0 Å². The Labute approximate surface area is 63.6 Å². The van der Waals surface area contributed by atoms with Gasteiger partial charge in [-0.25, -0.2) is 0 Å². The van der Waals surface area contributed by atoms with Crippen molar-refractivity contribution < 1.29 is 10.2 Å². The molecule has 1 rings (SSSR count). The average Bonchev–Trinajstić information content (AvgIpc) is 2.05. The minimum atomic E-state index is -0.565. The number of nitrogens with two attached hydrogens (primary N) is 2. The highest BCUT2D eigenvalue weighted by molar-refractivity contribution is 5.44. The Morgan fingerprint density at radius 3 is 2.27 bits per heavy atom. The molecule has 1 atom stereocenters. The highest BCUT2D eigenvalue weighted by Gasteiger charge is 1.99. The van der Waals surface area contributed by atoms with Crippen LogP contribution in [0.1, 0.15) is 0 Å². The number of anilines is 1. The highest BCUT2D eigenvalue weighted by Crippen LogP contribution is 2.05. The third kappa shape index (κ3) is 1.89. The maximum absolute atomic E-state index is 10.7. The molecule has 60 valence electrons.